The summed E-state index contributed by atoms with van der Waals surface area (Å²) < 4.78 is 18.1. The molecular formula is C25H25NO5S. The maximum absolute atomic E-state index is 12.8. The van der Waals surface area contributed by atoms with E-state index in [-0.39, 0.29) is 35.8 Å². The van der Waals surface area contributed by atoms with Crippen molar-refractivity contribution >= 4 is 23.3 Å². The van der Waals surface area contributed by atoms with Crippen molar-refractivity contribution in [3.05, 3.63) is 57.8 Å². The third kappa shape index (κ3) is 2.80. The second kappa shape index (κ2) is 7.18. The highest BCUT2D eigenvalue weighted by molar-refractivity contribution is 7.10. The van der Waals surface area contributed by atoms with Gasteiger partial charge in [0.1, 0.15) is 6.10 Å². The Bertz CT molecular complexity index is 1130. The van der Waals surface area contributed by atoms with Crippen molar-refractivity contribution in [3.8, 4) is 11.5 Å². The number of benzene rings is 1. The molecule has 2 bridgehead atoms. The molecule has 166 valence electrons. The molecular weight excluding hydrogens is 426 g/mol. The predicted octanol–water partition coefficient (Wildman–Crippen LogP) is 3.27. The van der Waals surface area contributed by atoms with Crippen LogP contribution in [0.1, 0.15) is 29.3 Å². The molecule has 2 aromatic rings. The van der Waals surface area contributed by atoms with E-state index in [0.29, 0.717) is 17.5 Å². The zero-order valence-electron chi connectivity index (χ0n) is 18.1. The normalized spacial score (nSPS) is 31.6. The monoisotopic (exact) mass is 451 g/mol. The van der Waals surface area contributed by atoms with E-state index >= 15 is 0 Å². The minimum absolute atomic E-state index is 0.253. The first-order chi connectivity index (χ1) is 15.5. The van der Waals surface area contributed by atoms with E-state index in [1.54, 1.807) is 11.3 Å². The molecule has 6 nitrogen and oxygen atoms in total. The fourth-order valence-electron chi connectivity index (χ4n) is 6.29. The zero-order valence-corrected chi connectivity index (χ0v) is 18.9. The lowest BCUT2D eigenvalue weighted by Crippen LogP contribution is -2.65. The number of nitrogens with zero attached hydrogens (tertiary/aromatic N) is 1. The Hall–Kier alpha value is -2.64. The van der Waals surface area contributed by atoms with Gasteiger partial charge in [-0.25, -0.2) is 0 Å². The van der Waals surface area contributed by atoms with Crippen LogP contribution in [0.4, 0.5) is 0 Å². The summed E-state index contributed by atoms with van der Waals surface area (Å²) in [4.78, 5) is 27.9. The summed E-state index contributed by atoms with van der Waals surface area (Å²) >= 11 is 1.55. The van der Waals surface area contributed by atoms with Gasteiger partial charge in [0, 0.05) is 34.7 Å². The minimum atomic E-state index is -0.480. The molecule has 1 spiro atoms. The van der Waals surface area contributed by atoms with Crippen LogP contribution in [0.5, 0.6) is 11.5 Å². The Balaban J connectivity index is 1.41. The van der Waals surface area contributed by atoms with Gasteiger partial charge in [0.15, 0.2) is 17.6 Å². The van der Waals surface area contributed by atoms with Crippen molar-refractivity contribution in [2.45, 2.75) is 49.9 Å². The van der Waals surface area contributed by atoms with Crippen LogP contribution < -0.4 is 9.47 Å². The van der Waals surface area contributed by atoms with Gasteiger partial charge in [-0.2, -0.15) is 0 Å². The lowest BCUT2D eigenvalue weighted by molar-refractivity contribution is -0.154. The molecule has 0 unspecified atom stereocenters. The third-order valence-corrected chi connectivity index (χ3v) is 8.41. The van der Waals surface area contributed by atoms with Crippen LogP contribution in [0.3, 0.4) is 0 Å². The molecule has 0 saturated carbocycles. The van der Waals surface area contributed by atoms with Crippen LogP contribution in [0.2, 0.25) is 0 Å². The maximum Gasteiger partial charge on any atom is 0.311 e. The van der Waals surface area contributed by atoms with Gasteiger partial charge >= 0.3 is 11.9 Å². The van der Waals surface area contributed by atoms with Gasteiger partial charge in [0.05, 0.1) is 6.42 Å². The van der Waals surface area contributed by atoms with Crippen LogP contribution in [-0.2, 0) is 32.6 Å². The molecule has 5 atom stereocenters. The largest absolute Gasteiger partial charge is 0.481 e. The first-order valence-electron chi connectivity index (χ1n) is 11.1. The number of likely N-dealkylation sites (N-methyl/N-ethyl adjacent to an activating group) is 1. The highest BCUT2D eigenvalue weighted by Crippen LogP contribution is 2.62. The summed E-state index contributed by atoms with van der Waals surface area (Å²) in [6.45, 7) is 2.35. The van der Waals surface area contributed by atoms with E-state index in [2.05, 4.69) is 24.1 Å². The Kier molecular flexibility index (Phi) is 4.49. The number of thiophene rings is 1. The van der Waals surface area contributed by atoms with Gasteiger partial charge < -0.3 is 19.1 Å². The van der Waals surface area contributed by atoms with E-state index in [9.17, 15) is 9.59 Å². The fourth-order valence-corrected chi connectivity index (χ4v) is 6.98. The lowest BCUT2D eigenvalue weighted by Gasteiger charge is -2.56. The maximum atomic E-state index is 12.8. The number of hydrogen-bond donors (Lipinski definition) is 0. The van der Waals surface area contributed by atoms with Crippen molar-refractivity contribution in [1.29, 1.82) is 0 Å². The molecule has 32 heavy (non-hydrogen) atoms. The van der Waals surface area contributed by atoms with Crippen LogP contribution >= 0.6 is 11.3 Å². The van der Waals surface area contributed by atoms with Gasteiger partial charge in [0.2, 0.25) is 0 Å². The van der Waals surface area contributed by atoms with E-state index in [4.69, 9.17) is 14.2 Å². The number of likely N-dealkylation sites (tertiary alicyclic amines) is 1. The molecule has 1 fully saturated rings. The fraction of sp³-hybridized carbons (Fsp3) is 0.440. The molecule has 3 heterocycles. The molecule has 4 aliphatic rings. The zero-order chi connectivity index (χ0) is 22.0. The highest BCUT2D eigenvalue weighted by Gasteiger charge is 2.65. The first kappa shape index (κ1) is 20.0. The van der Waals surface area contributed by atoms with Crippen molar-refractivity contribution in [2.24, 2.45) is 5.92 Å². The van der Waals surface area contributed by atoms with E-state index < -0.39 is 6.10 Å². The van der Waals surface area contributed by atoms with Gasteiger partial charge in [0.25, 0.3) is 0 Å². The van der Waals surface area contributed by atoms with Crippen LogP contribution in [0.25, 0.3) is 0 Å². The molecule has 7 heteroatoms. The highest BCUT2D eigenvalue weighted by atomic mass is 32.1. The smallest absolute Gasteiger partial charge is 0.311 e. The molecule has 1 aromatic heterocycles. The molecule has 2 aliphatic carbocycles. The molecule has 1 aromatic carbocycles. The Morgan fingerprint density at radius 1 is 1.28 bits per heavy atom. The minimum Gasteiger partial charge on any atom is -0.481 e. The molecule has 0 N–H and O–H groups in total. The summed E-state index contributed by atoms with van der Waals surface area (Å²) in [5, 5.41) is 1.96. The van der Waals surface area contributed by atoms with Crippen molar-refractivity contribution in [3.63, 3.8) is 0 Å². The van der Waals surface area contributed by atoms with Gasteiger partial charge in [-0.1, -0.05) is 18.2 Å². The van der Waals surface area contributed by atoms with Crippen LogP contribution in [0, 0.1) is 5.92 Å². The SMILES string of the molecule is CC(=O)Oc1ccc2c3c1O[C@H]1[C@@H](OC(=O)Cc4cccs4)C=C[C@H]4[C@@H](C2)N(C)CC[C@@]341. The second-order valence-electron chi connectivity index (χ2n) is 9.22. The average molecular weight is 452 g/mol. The second-order valence-corrected chi connectivity index (χ2v) is 10.3. The number of carbonyl (C=O) groups excluding carboxylic acids is 2. The summed E-state index contributed by atoms with van der Waals surface area (Å²) in [5.41, 5.74) is 2.11. The summed E-state index contributed by atoms with van der Waals surface area (Å²) in [6, 6.07) is 8.16. The quantitative estimate of drug-likeness (QED) is 0.404. The molecule has 0 amide bonds. The summed E-state index contributed by atoms with van der Waals surface area (Å²) in [5.74, 6) is 0.749. The van der Waals surface area contributed by atoms with Crippen molar-refractivity contribution < 1.29 is 23.8 Å². The average Bonchev–Trinajstić information content (AvgIpc) is 3.38. The van der Waals surface area contributed by atoms with Gasteiger partial charge in [-0.15, -0.1) is 11.3 Å². The summed E-state index contributed by atoms with van der Waals surface area (Å²) in [7, 11) is 2.18. The predicted molar refractivity (Wildman–Crippen MR) is 119 cm³/mol. The first-order valence-corrected chi connectivity index (χ1v) is 12.0. The van der Waals surface area contributed by atoms with Crippen molar-refractivity contribution in [1.82, 2.24) is 4.90 Å². The Morgan fingerprint density at radius 2 is 2.16 bits per heavy atom. The van der Waals surface area contributed by atoms with Gasteiger partial charge in [-0.05, 0) is 55.6 Å². The van der Waals surface area contributed by atoms with E-state index in [0.717, 1.165) is 29.8 Å². The molecule has 0 radical (unpaired) electrons. The standard InChI is InChI=1S/C25H25NO5S/c1-14(27)29-19-7-5-15-12-18-17-6-8-20(30-21(28)13-16-4-3-11-32-16)24-25(17,9-10-26(18)2)22(15)23(19)31-24/h3-8,11,17-18,20,24H,9-10,12-13H2,1-2H3/t17-,18+,20-,24-,25-/m0/s1. The summed E-state index contributed by atoms with van der Waals surface area (Å²) in [6.07, 6.45) is 5.52. The van der Waals surface area contributed by atoms with Gasteiger partial charge in [-0.3, -0.25) is 9.59 Å². The number of rotatable bonds is 4. The van der Waals surface area contributed by atoms with E-state index in [1.807, 2.05) is 29.7 Å². The Labute approximate surface area is 190 Å². The number of hydrogen-bond acceptors (Lipinski definition) is 7. The number of piperidine rings is 1. The topological polar surface area (TPSA) is 65.1 Å². The van der Waals surface area contributed by atoms with Crippen LogP contribution in [-0.4, -0.2) is 48.7 Å². The lowest BCUT2D eigenvalue weighted by atomic mass is 9.53. The van der Waals surface area contributed by atoms with Crippen LogP contribution in [0.15, 0.2) is 41.8 Å². The number of esters is 2. The third-order valence-electron chi connectivity index (χ3n) is 7.53. The Morgan fingerprint density at radius 3 is 2.94 bits per heavy atom. The van der Waals surface area contributed by atoms with E-state index in [1.165, 1.54) is 12.5 Å². The number of ether oxygens (including phenoxy) is 3. The molecule has 6 rings (SSSR count). The molecule has 2 aliphatic heterocycles. The number of carbonyl (C=O) groups is 2. The van der Waals surface area contributed by atoms with Crippen molar-refractivity contribution in [2.75, 3.05) is 13.6 Å². The molecule has 1 saturated heterocycles.